The number of benzene rings is 1. The van der Waals surface area contributed by atoms with Gasteiger partial charge in [-0.25, -0.2) is 18.7 Å². The molecule has 36 heavy (non-hydrogen) atoms. The van der Waals surface area contributed by atoms with E-state index in [9.17, 15) is 18.4 Å². The lowest BCUT2D eigenvalue weighted by Gasteiger charge is -2.14. The Labute approximate surface area is 213 Å². The second kappa shape index (κ2) is 14.4. The highest BCUT2D eigenvalue weighted by molar-refractivity contribution is 7.98. The summed E-state index contributed by atoms with van der Waals surface area (Å²) in [6.07, 6.45) is 11.9. The van der Waals surface area contributed by atoms with Gasteiger partial charge in [0, 0.05) is 55.8 Å². The molecule has 3 aromatic rings. The van der Waals surface area contributed by atoms with Crippen LogP contribution in [0.5, 0.6) is 0 Å². The third-order valence-corrected chi connectivity index (χ3v) is 6.61. The van der Waals surface area contributed by atoms with E-state index in [1.54, 1.807) is 18.6 Å². The van der Waals surface area contributed by atoms with Crippen molar-refractivity contribution < 1.29 is 13.6 Å². The maximum absolute atomic E-state index is 13.6. The molecular formula is C26H31F2N5O2S. The van der Waals surface area contributed by atoms with Crippen LogP contribution in [0.2, 0.25) is 0 Å². The summed E-state index contributed by atoms with van der Waals surface area (Å²) in [6, 6.07) is 3.76. The summed E-state index contributed by atoms with van der Waals surface area (Å²) in [7, 11) is 0. The smallest absolute Gasteiger partial charge is 0.277 e. The van der Waals surface area contributed by atoms with Crippen LogP contribution in [0.1, 0.15) is 62.1 Å². The Hall–Kier alpha value is -3.14. The predicted molar refractivity (Wildman–Crippen MR) is 136 cm³/mol. The Balaban J connectivity index is 1.66. The van der Waals surface area contributed by atoms with E-state index in [4.69, 9.17) is 0 Å². The molecule has 0 spiro atoms. The van der Waals surface area contributed by atoms with Crippen LogP contribution in [0.25, 0.3) is 0 Å². The Kier molecular flexibility index (Phi) is 11.0. The van der Waals surface area contributed by atoms with Crippen LogP contribution in [0.3, 0.4) is 0 Å². The molecule has 7 nitrogen and oxygen atoms in total. The molecular weight excluding hydrogens is 484 g/mol. The number of amides is 1. The highest BCUT2D eigenvalue weighted by atomic mass is 32.2. The molecule has 0 fully saturated rings. The summed E-state index contributed by atoms with van der Waals surface area (Å²) in [5.74, 6) is -1.39. The van der Waals surface area contributed by atoms with Gasteiger partial charge in [-0.05, 0) is 42.5 Å². The number of thioether (sulfide) groups is 1. The lowest BCUT2D eigenvalue weighted by Crippen LogP contribution is -2.23. The molecule has 1 aromatic carbocycles. The molecule has 1 amide bonds. The largest absolute Gasteiger partial charge is 0.356 e. The van der Waals surface area contributed by atoms with Crippen molar-refractivity contribution in [2.24, 2.45) is 0 Å². The van der Waals surface area contributed by atoms with Gasteiger partial charge in [0.15, 0.2) is 16.8 Å². The molecule has 0 saturated carbocycles. The van der Waals surface area contributed by atoms with Gasteiger partial charge < -0.3 is 9.88 Å². The molecule has 0 bridgehead atoms. The molecule has 192 valence electrons. The molecule has 0 unspecified atom stereocenters. The number of carbonyl (C=O) groups excluding carboxylic acids is 1. The molecule has 0 aliphatic rings. The van der Waals surface area contributed by atoms with Crippen LogP contribution in [-0.2, 0) is 23.5 Å². The third-order valence-electron chi connectivity index (χ3n) is 5.55. The number of aryl methyl sites for hydroxylation is 1. The number of hydrogen-bond acceptors (Lipinski definition) is 6. The van der Waals surface area contributed by atoms with E-state index >= 15 is 0 Å². The first kappa shape index (κ1) is 27.4. The summed E-state index contributed by atoms with van der Waals surface area (Å²) in [5.41, 5.74) is 1.59. The monoisotopic (exact) mass is 515 g/mol. The number of nitrogens with zero attached hydrogens (tertiary/aromatic N) is 4. The lowest BCUT2D eigenvalue weighted by atomic mass is 10.1. The van der Waals surface area contributed by atoms with E-state index in [0.29, 0.717) is 48.0 Å². The van der Waals surface area contributed by atoms with Gasteiger partial charge in [0.25, 0.3) is 5.56 Å². The minimum atomic E-state index is -0.905. The fourth-order valence-corrected chi connectivity index (χ4v) is 4.51. The molecule has 0 aliphatic heterocycles. The Morgan fingerprint density at radius 1 is 1.06 bits per heavy atom. The molecule has 0 atom stereocenters. The van der Waals surface area contributed by atoms with Crippen molar-refractivity contribution in [2.45, 2.75) is 69.3 Å². The first-order valence-electron chi connectivity index (χ1n) is 12.1. The summed E-state index contributed by atoms with van der Waals surface area (Å²) < 4.78 is 28.8. The quantitative estimate of drug-likeness (QED) is 0.191. The van der Waals surface area contributed by atoms with Crippen LogP contribution in [0, 0.1) is 11.6 Å². The van der Waals surface area contributed by atoms with Crippen molar-refractivity contribution in [1.29, 1.82) is 0 Å². The van der Waals surface area contributed by atoms with E-state index in [1.165, 1.54) is 24.2 Å². The highest BCUT2D eigenvalue weighted by Crippen LogP contribution is 2.22. The molecule has 0 radical (unpaired) electrons. The van der Waals surface area contributed by atoms with E-state index in [2.05, 4.69) is 27.2 Å². The van der Waals surface area contributed by atoms with Crippen molar-refractivity contribution in [3.05, 3.63) is 81.8 Å². The van der Waals surface area contributed by atoms with Gasteiger partial charge in [-0.2, -0.15) is 4.98 Å². The van der Waals surface area contributed by atoms with Gasteiger partial charge in [0.05, 0.1) is 0 Å². The molecule has 0 aliphatic carbocycles. The lowest BCUT2D eigenvalue weighted by molar-refractivity contribution is -0.121. The van der Waals surface area contributed by atoms with Crippen molar-refractivity contribution in [2.75, 3.05) is 6.54 Å². The van der Waals surface area contributed by atoms with E-state index in [0.717, 1.165) is 49.8 Å². The van der Waals surface area contributed by atoms with E-state index in [-0.39, 0.29) is 11.5 Å². The summed E-state index contributed by atoms with van der Waals surface area (Å²) in [4.78, 5) is 36.9. The maximum atomic E-state index is 13.6. The first-order valence-corrected chi connectivity index (χ1v) is 13.1. The number of halogens is 2. The van der Waals surface area contributed by atoms with Crippen molar-refractivity contribution in [1.82, 2.24) is 24.8 Å². The number of nitrogens with one attached hydrogen (secondary N) is 1. The van der Waals surface area contributed by atoms with Gasteiger partial charge in [-0.15, -0.1) is 0 Å². The van der Waals surface area contributed by atoms with Gasteiger partial charge in [0.1, 0.15) is 6.33 Å². The zero-order valence-corrected chi connectivity index (χ0v) is 21.2. The first-order chi connectivity index (χ1) is 17.5. The van der Waals surface area contributed by atoms with Crippen LogP contribution in [-0.4, -0.2) is 32.0 Å². The second-order valence-electron chi connectivity index (χ2n) is 8.52. The molecule has 0 saturated heterocycles. The van der Waals surface area contributed by atoms with Gasteiger partial charge in [-0.3, -0.25) is 9.59 Å². The normalized spacial score (nSPS) is 11.0. The van der Waals surface area contributed by atoms with Gasteiger partial charge in [0.2, 0.25) is 5.91 Å². The Morgan fingerprint density at radius 2 is 1.86 bits per heavy atom. The summed E-state index contributed by atoms with van der Waals surface area (Å²) in [6.45, 7) is 3.41. The SMILES string of the molecule is CCCCNC(=O)CCCCCn1cc(Cc2cncnc2)c(=O)nc1SCc1ccc(F)c(F)c1. The second-order valence-corrected chi connectivity index (χ2v) is 9.46. The number of carbonyl (C=O) groups is 1. The average Bonchev–Trinajstić information content (AvgIpc) is 2.87. The minimum Gasteiger partial charge on any atom is -0.356 e. The van der Waals surface area contributed by atoms with Gasteiger partial charge >= 0.3 is 0 Å². The molecule has 3 rings (SSSR count). The fraction of sp³-hybridized carbons (Fsp3) is 0.423. The van der Waals surface area contributed by atoms with Crippen LogP contribution in [0.15, 0.2) is 53.1 Å². The van der Waals surface area contributed by atoms with E-state index < -0.39 is 11.6 Å². The van der Waals surface area contributed by atoms with Crippen molar-refractivity contribution >= 4 is 17.7 Å². The highest BCUT2D eigenvalue weighted by Gasteiger charge is 2.12. The van der Waals surface area contributed by atoms with Crippen LogP contribution < -0.4 is 10.9 Å². The summed E-state index contributed by atoms with van der Waals surface area (Å²) in [5, 5.41) is 3.43. The zero-order chi connectivity index (χ0) is 25.8. The van der Waals surface area contributed by atoms with E-state index in [1.807, 2.05) is 4.57 Å². The summed E-state index contributed by atoms with van der Waals surface area (Å²) >= 11 is 1.30. The average molecular weight is 516 g/mol. The van der Waals surface area contributed by atoms with Crippen LogP contribution in [0.4, 0.5) is 8.78 Å². The number of aromatic nitrogens is 4. The molecule has 10 heteroatoms. The third kappa shape index (κ3) is 8.82. The Bertz CT molecular complexity index is 1190. The molecule has 2 heterocycles. The van der Waals surface area contributed by atoms with Gasteiger partial charge in [-0.1, -0.05) is 37.6 Å². The number of unbranched alkanes of at least 4 members (excludes halogenated alkanes) is 3. The molecule has 2 aromatic heterocycles. The topological polar surface area (TPSA) is 89.8 Å². The number of rotatable bonds is 14. The Morgan fingerprint density at radius 3 is 2.61 bits per heavy atom. The van der Waals surface area contributed by atoms with Crippen molar-refractivity contribution in [3.63, 3.8) is 0 Å². The standard InChI is InChI=1S/C26H31F2N5O2S/c1-2-3-10-31-24(34)7-5-4-6-11-33-16-21(12-20-14-29-18-30-15-20)25(35)32-26(33)36-17-19-8-9-22(27)23(28)13-19/h8-9,13-16,18H,2-7,10-12,17H2,1H3,(H,31,34). The fourth-order valence-electron chi connectivity index (χ4n) is 3.57. The maximum Gasteiger partial charge on any atom is 0.277 e. The van der Waals surface area contributed by atoms with Crippen LogP contribution >= 0.6 is 11.8 Å². The minimum absolute atomic E-state index is 0.0728. The predicted octanol–water partition coefficient (Wildman–Crippen LogP) is 4.67. The van der Waals surface area contributed by atoms with Crippen molar-refractivity contribution in [3.8, 4) is 0 Å². The zero-order valence-electron chi connectivity index (χ0n) is 20.4. The molecule has 1 N–H and O–H groups in total. The number of hydrogen-bond donors (Lipinski definition) is 1.